The van der Waals surface area contributed by atoms with E-state index in [1.54, 1.807) is 19.9 Å². The maximum atomic E-state index is 12.5. The smallest absolute Gasteiger partial charge is 0.480 e. The van der Waals surface area contributed by atoms with Crippen LogP contribution in [0, 0.1) is 5.92 Å². The lowest BCUT2D eigenvalue weighted by Crippen LogP contribution is -2.41. The van der Waals surface area contributed by atoms with Gasteiger partial charge in [0.15, 0.2) is 0 Å². The third-order valence-corrected chi connectivity index (χ3v) is 3.86. The van der Waals surface area contributed by atoms with Gasteiger partial charge in [-0.2, -0.15) is 0 Å². The molecule has 1 aromatic rings. The van der Waals surface area contributed by atoms with Crippen LogP contribution in [0.1, 0.15) is 31.7 Å². The second kappa shape index (κ2) is 6.70. The number of aliphatic carboxylic acids is 1. The van der Waals surface area contributed by atoms with E-state index in [9.17, 15) is 22.8 Å². The first-order valence-electron chi connectivity index (χ1n) is 7.47. The molecule has 0 bridgehead atoms. The molecule has 0 spiro atoms. The van der Waals surface area contributed by atoms with E-state index in [4.69, 9.17) is 5.11 Å². The topological polar surface area (TPSA) is 66.8 Å². The highest BCUT2D eigenvalue weighted by atomic mass is 19.4. The first kappa shape index (κ1) is 18.1. The summed E-state index contributed by atoms with van der Waals surface area (Å²) in [7, 11) is 0. The molecule has 8 heteroatoms. The van der Waals surface area contributed by atoms with E-state index < -0.39 is 30.7 Å². The third-order valence-electron chi connectivity index (χ3n) is 3.86. The number of hydrogen-bond donors (Lipinski definition) is 1. The first-order chi connectivity index (χ1) is 11.1. The van der Waals surface area contributed by atoms with Gasteiger partial charge in [-0.05, 0) is 37.8 Å². The minimum absolute atomic E-state index is 0.309. The number of para-hydroxylation sites is 1. The lowest BCUT2D eigenvalue weighted by atomic mass is 10.1. The molecule has 24 heavy (non-hydrogen) atoms. The van der Waals surface area contributed by atoms with E-state index in [-0.39, 0.29) is 17.7 Å². The van der Waals surface area contributed by atoms with Crippen LogP contribution in [0.2, 0.25) is 0 Å². The molecule has 1 saturated carbocycles. The molecule has 1 aliphatic rings. The number of nitrogens with zero attached hydrogens (tertiary/aromatic N) is 1. The van der Waals surface area contributed by atoms with Crippen molar-refractivity contribution in [3.8, 4) is 5.75 Å². The predicted octanol–water partition coefficient (Wildman–Crippen LogP) is 3.01. The van der Waals surface area contributed by atoms with Crippen molar-refractivity contribution in [3.63, 3.8) is 0 Å². The number of alkyl halides is 3. The SMILES string of the molecule is CC(C)N(CC(=O)O)C(=O)C1CC1c1ccccc1OC(F)(F)F. The Morgan fingerprint density at radius 1 is 1.33 bits per heavy atom. The van der Waals surface area contributed by atoms with Crippen molar-refractivity contribution in [2.24, 2.45) is 5.92 Å². The van der Waals surface area contributed by atoms with Crippen molar-refractivity contribution >= 4 is 11.9 Å². The van der Waals surface area contributed by atoms with Crippen molar-refractivity contribution < 1.29 is 32.6 Å². The number of hydrogen-bond acceptors (Lipinski definition) is 3. The Bertz CT molecular complexity index is 630. The van der Waals surface area contributed by atoms with Crippen LogP contribution >= 0.6 is 0 Å². The van der Waals surface area contributed by atoms with E-state index in [1.165, 1.54) is 23.1 Å². The van der Waals surface area contributed by atoms with Gasteiger partial charge in [0.1, 0.15) is 12.3 Å². The van der Waals surface area contributed by atoms with Crippen molar-refractivity contribution in [2.45, 2.75) is 38.6 Å². The Hall–Kier alpha value is -2.25. The molecule has 0 saturated heterocycles. The van der Waals surface area contributed by atoms with Gasteiger partial charge in [0.2, 0.25) is 5.91 Å². The second-order valence-corrected chi connectivity index (χ2v) is 5.99. The van der Waals surface area contributed by atoms with Crippen LogP contribution in [0.3, 0.4) is 0 Å². The van der Waals surface area contributed by atoms with Gasteiger partial charge in [0.05, 0.1) is 0 Å². The van der Waals surface area contributed by atoms with Crippen LogP contribution in [-0.4, -0.2) is 40.8 Å². The number of benzene rings is 1. The third kappa shape index (κ3) is 4.39. The van der Waals surface area contributed by atoms with Crippen LogP contribution < -0.4 is 4.74 Å². The summed E-state index contributed by atoms with van der Waals surface area (Å²) < 4.78 is 41.4. The number of carboxylic acid groups (broad SMARTS) is 1. The van der Waals surface area contributed by atoms with E-state index in [0.29, 0.717) is 12.0 Å². The number of carbonyl (C=O) groups excluding carboxylic acids is 1. The molecule has 1 N–H and O–H groups in total. The molecule has 2 atom stereocenters. The number of carbonyl (C=O) groups is 2. The Balaban J connectivity index is 2.15. The zero-order valence-corrected chi connectivity index (χ0v) is 13.2. The largest absolute Gasteiger partial charge is 0.573 e. The predicted molar refractivity (Wildman–Crippen MR) is 78.5 cm³/mol. The van der Waals surface area contributed by atoms with E-state index in [1.807, 2.05) is 0 Å². The lowest BCUT2D eigenvalue weighted by Gasteiger charge is -2.25. The normalized spacial score (nSPS) is 19.9. The maximum absolute atomic E-state index is 12.5. The summed E-state index contributed by atoms with van der Waals surface area (Å²) in [4.78, 5) is 24.6. The van der Waals surface area contributed by atoms with Crippen LogP contribution in [0.4, 0.5) is 13.2 Å². The number of ether oxygens (including phenoxy) is 1. The van der Waals surface area contributed by atoms with Crippen molar-refractivity contribution in [1.82, 2.24) is 4.90 Å². The Morgan fingerprint density at radius 2 is 1.96 bits per heavy atom. The maximum Gasteiger partial charge on any atom is 0.573 e. The summed E-state index contributed by atoms with van der Waals surface area (Å²) in [6.45, 7) is 2.96. The fourth-order valence-corrected chi connectivity index (χ4v) is 2.69. The summed E-state index contributed by atoms with van der Waals surface area (Å²) in [5.74, 6) is -2.73. The highest BCUT2D eigenvalue weighted by Crippen LogP contribution is 2.51. The zero-order valence-electron chi connectivity index (χ0n) is 13.2. The Kier molecular flexibility index (Phi) is 5.05. The minimum Gasteiger partial charge on any atom is -0.480 e. The average molecular weight is 345 g/mol. The molecule has 132 valence electrons. The quantitative estimate of drug-likeness (QED) is 0.861. The Morgan fingerprint density at radius 3 is 2.50 bits per heavy atom. The van der Waals surface area contributed by atoms with Crippen molar-refractivity contribution in [1.29, 1.82) is 0 Å². The summed E-state index contributed by atoms with van der Waals surface area (Å²) in [5, 5.41) is 8.90. The standard InChI is InChI=1S/C16H18F3NO4/c1-9(2)20(8-14(21)22)15(23)12-7-11(12)10-5-3-4-6-13(10)24-16(17,18)19/h3-6,9,11-12H,7-8H2,1-2H3,(H,21,22). The molecule has 0 radical (unpaired) electrons. The highest BCUT2D eigenvalue weighted by Gasteiger charge is 2.48. The molecule has 2 unspecified atom stereocenters. The lowest BCUT2D eigenvalue weighted by molar-refractivity contribution is -0.274. The summed E-state index contributed by atoms with van der Waals surface area (Å²) in [5.41, 5.74) is 0.312. The molecule has 5 nitrogen and oxygen atoms in total. The van der Waals surface area contributed by atoms with Gasteiger partial charge in [0.25, 0.3) is 0 Å². The van der Waals surface area contributed by atoms with Crippen LogP contribution in [-0.2, 0) is 9.59 Å². The summed E-state index contributed by atoms with van der Waals surface area (Å²) in [6, 6.07) is 5.40. The van der Waals surface area contributed by atoms with Gasteiger partial charge >= 0.3 is 12.3 Å². The van der Waals surface area contributed by atoms with E-state index in [2.05, 4.69) is 4.74 Å². The number of halogens is 3. The van der Waals surface area contributed by atoms with Crippen molar-refractivity contribution in [2.75, 3.05) is 6.54 Å². The molecule has 1 amide bonds. The van der Waals surface area contributed by atoms with Gasteiger partial charge in [0, 0.05) is 12.0 Å². The number of amides is 1. The van der Waals surface area contributed by atoms with Crippen molar-refractivity contribution in [3.05, 3.63) is 29.8 Å². The zero-order chi connectivity index (χ0) is 18.1. The van der Waals surface area contributed by atoms with Crippen LogP contribution in [0.25, 0.3) is 0 Å². The fourth-order valence-electron chi connectivity index (χ4n) is 2.69. The first-order valence-corrected chi connectivity index (χ1v) is 7.47. The molecule has 0 aromatic heterocycles. The molecule has 2 rings (SSSR count). The fraction of sp³-hybridized carbons (Fsp3) is 0.500. The Labute approximate surface area is 137 Å². The molecule has 1 aromatic carbocycles. The van der Waals surface area contributed by atoms with E-state index >= 15 is 0 Å². The molecular weight excluding hydrogens is 327 g/mol. The van der Waals surface area contributed by atoms with Gasteiger partial charge in [-0.3, -0.25) is 9.59 Å². The van der Waals surface area contributed by atoms with Gasteiger partial charge in [-0.25, -0.2) is 0 Å². The molecular formula is C16H18F3NO4. The highest BCUT2D eigenvalue weighted by molar-refractivity contribution is 5.86. The minimum atomic E-state index is -4.81. The van der Waals surface area contributed by atoms with Gasteiger partial charge < -0.3 is 14.7 Å². The van der Waals surface area contributed by atoms with Crippen LogP contribution in [0.15, 0.2) is 24.3 Å². The molecule has 1 fully saturated rings. The molecule has 1 aliphatic carbocycles. The van der Waals surface area contributed by atoms with E-state index in [0.717, 1.165) is 0 Å². The molecule has 0 heterocycles. The van der Waals surface area contributed by atoms with Gasteiger partial charge in [-0.1, -0.05) is 18.2 Å². The van der Waals surface area contributed by atoms with Gasteiger partial charge in [-0.15, -0.1) is 13.2 Å². The molecule has 0 aliphatic heterocycles. The average Bonchev–Trinajstić information content (AvgIpc) is 3.22. The second-order valence-electron chi connectivity index (χ2n) is 5.99. The summed E-state index contributed by atoms with van der Waals surface area (Å²) >= 11 is 0. The number of carboxylic acids is 1. The number of rotatable bonds is 6. The summed E-state index contributed by atoms with van der Waals surface area (Å²) in [6.07, 6.45) is -4.43. The monoisotopic (exact) mass is 345 g/mol. The van der Waals surface area contributed by atoms with Crippen LogP contribution in [0.5, 0.6) is 5.75 Å².